The molecule has 0 aromatic carbocycles. The van der Waals surface area contributed by atoms with E-state index in [9.17, 15) is 0 Å². The fourth-order valence-corrected chi connectivity index (χ4v) is 3.02. The molecule has 0 heterocycles. The van der Waals surface area contributed by atoms with Crippen LogP contribution in [0.1, 0.15) is 52.9 Å². The zero-order chi connectivity index (χ0) is 6.97. The SMILES string of the molecule is C.CCC1CC2CCCC2C1. The standard InChI is InChI=1S/C10H18.CH4/c1-2-8-6-9-4-3-5-10(9)7-8;/h8-10H,2-7H2,1H3;1H4. The maximum atomic E-state index is 2.35. The Bertz CT molecular complexity index is 105. The van der Waals surface area contributed by atoms with Crippen LogP contribution in [0.15, 0.2) is 0 Å². The van der Waals surface area contributed by atoms with E-state index in [0.717, 1.165) is 17.8 Å². The van der Waals surface area contributed by atoms with Crippen LogP contribution in [-0.2, 0) is 0 Å². The molecule has 11 heavy (non-hydrogen) atoms. The smallest absolute Gasteiger partial charge is 0.0383 e. The quantitative estimate of drug-likeness (QED) is 0.538. The van der Waals surface area contributed by atoms with E-state index in [1.165, 1.54) is 12.8 Å². The first-order valence-electron chi connectivity index (χ1n) is 4.90. The summed E-state index contributed by atoms with van der Waals surface area (Å²) in [4.78, 5) is 0. The Morgan fingerprint density at radius 1 is 1.09 bits per heavy atom. The monoisotopic (exact) mass is 154 g/mol. The Morgan fingerprint density at radius 2 is 1.64 bits per heavy atom. The van der Waals surface area contributed by atoms with Crippen molar-refractivity contribution in [2.24, 2.45) is 17.8 Å². The van der Waals surface area contributed by atoms with Gasteiger partial charge in [0.2, 0.25) is 0 Å². The van der Waals surface area contributed by atoms with Gasteiger partial charge in [0.25, 0.3) is 0 Å². The highest BCUT2D eigenvalue weighted by Crippen LogP contribution is 2.47. The Morgan fingerprint density at radius 3 is 2.09 bits per heavy atom. The van der Waals surface area contributed by atoms with Crippen LogP contribution in [-0.4, -0.2) is 0 Å². The zero-order valence-electron chi connectivity index (χ0n) is 6.97. The van der Waals surface area contributed by atoms with Gasteiger partial charge < -0.3 is 0 Å². The summed E-state index contributed by atoms with van der Waals surface area (Å²) in [5.74, 6) is 3.42. The van der Waals surface area contributed by atoms with Crippen molar-refractivity contribution in [2.45, 2.75) is 52.9 Å². The second-order valence-electron chi connectivity index (χ2n) is 4.20. The number of hydrogen-bond acceptors (Lipinski definition) is 0. The molecule has 0 bridgehead atoms. The van der Waals surface area contributed by atoms with Crippen LogP contribution in [0.25, 0.3) is 0 Å². The molecule has 2 atom stereocenters. The van der Waals surface area contributed by atoms with Crippen molar-refractivity contribution in [3.8, 4) is 0 Å². The third kappa shape index (κ3) is 1.60. The Balaban J connectivity index is 0.000000605. The maximum absolute atomic E-state index is 2.35. The van der Waals surface area contributed by atoms with Crippen LogP contribution in [0.5, 0.6) is 0 Å². The number of rotatable bonds is 1. The fraction of sp³-hybridized carbons (Fsp3) is 1.00. The van der Waals surface area contributed by atoms with Gasteiger partial charge in [-0.1, -0.05) is 40.0 Å². The van der Waals surface area contributed by atoms with Gasteiger partial charge in [0.05, 0.1) is 0 Å². The van der Waals surface area contributed by atoms with Gasteiger partial charge in [0, 0.05) is 0 Å². The minimum atomic E-state index is 0. The van der Waals surface area contributed by atoms with Crippen molar-refractivity contribution < 1.29 is 0 Å². The van der Waals surface area contributed by atoms with Crippen LogP contribution in [0.2, 0.25) is 0 Å². The third-order valence-electron chi connectivity index (χ3n) is 3.67. The first kappa shape index (κ1) is 9.09. The van der Waals surface area contributed by atoms with Crippen molar-refractivity contribution in [3.05, 3.63) is 0 Å². The Hall–Kier alpha value is 0. The van der Waals surface area contributed by atoms with E-state index >= 15 is 0 Å². The van der Waals surface area contributed by atoms with Gasteiger partial charge in [-0.05, 0) is 30.6 Å². The van der Waals surface area contributed by atoms with Crippen LogP contribution in [0, 0.1) is 17.8 Å². The summed E-state index contributed by atoms with van der Waals surface area (Å²) in [6, 6.07) is 0. The fourth-order valence-electron chi connectivity index (χ4n) is 3.02. The molecule has 0 amide bonds. The van der Waals surface area contributed by atoms with Crippen LogP contribution in [0.3, 0.4) is 0 Å². The normalized spacial score (nSPS) is 41.7. The largest absolute Gasteiger partial charge is 0.0776 e. The first-order chi connectivity index (χ1) is 4.90. The van der Waals surface area contributed by atoms with Gasteiger partial charge >= 0.3 is 0 Å². The minimum absolute atomic E-state index is 0. The van der Waals surface area contributed by atoms with E-state index in [4.69, 9.17) is 0 Å². The first-order valence-corrected chi connectivity index (χ1v) is 4.90. The average Bonchev–Trinajstić information content (AvgIpc) is 2.42. The molecule has 2 saturated carbocycles. The molecule has 0 spiro atoms. The summed E-state index contributed by atoms with van der Waals surface area (Å²) in [6.07, 6.45) is 9.23. The highest BCUT2D eigenvalue weighted by molar-refractivity contribution is 4.87. The summed E-state index contributed by atoms with van der Waals surface area (Å²) in [5.41, 5.74) is 0. The number of fused-ring (bicyclic) bond motifs is 1. The molecule has 0 aromatic heterocycles. The van der Waals surface area contributed by atoms with E-state index in [1.807, 2.05) is 0 Å². The molecule has 0 heteroatoms. The molecule has 0 aliphatic heterocycles. The third-order valence-corrected chi connectivity index (χ3v) is 3.67. The lowest BCUT2D eigenvalue weighted by atomic mass is 10.0. The lowest BCUT2D eigenvalue weighted by Crippen LogP contribution is -1.95. The molecule has 0 saturated heterocycles. The molecule has 2 aliphatic rings. The van der Waals surface area contributed by atoms with E-state index < -0.39 is 0 Å². The van der Waals surface area contributed by atoms with Crippen LogP contribution < -0.4 is 0 Å². The van der Waals surface area contributed by atoms with Gasteiger partial charge in [-0.25, -0.2) is 0 Å². The maximum Gasteiger partial charge on any atom is -0.0383 e. The van der Waals surface area contributed by atoms with E-state index in [0.29, 0.717) is 0 Å². The average molecular weight is 154 g/mol. The second kappa shape index (κ2) is 3.60. The minimum Gasteiger partial charge on any atom is -0.0776 e. The second-order valence-corrected chi connectivity index (χ2v) is 4.20. The van der Waals surface area contributed by atoms with E-state index in [2.05, 4.69) is 6.92 Å². The molecule has 2 fully saturated rings. The van der Waals surface area contributed by atoms with Gasteiger partial charge in [-0.3, -0.25) is 0 Å². The lowest BCUT2D eigenvalue weighted by molar-refractivity contribution is 0.457. The summed E-state index contributed by atoms with van der Waals surface area (Å²) in [5, 5.41) is 0. The van der Waals surface area contributed by atoms with Crippen molar-refractivity contribution >= 4 is 0 Å². The summed E-state index contributed by atoms with van der Waals surface area (Å²) < 4.78 is 0. The molecular formula is C11H22. The molecule has 2 unspecified atom stereocenters. The summed E-state index contributed by atoms with van der Waals surface area (Å²) in [7, 11) is 0. The number of hydrogen-bond donors (Lipinski definition) is 0. The van der Waals surface area contributed by atoms with Crippen molar-refractivity contribution in [2.75, 3.05) is 0 Å². The van der Waals surface area contributed by atoms with Crippen molar-refractivity contribution in [3.63, 3.8) is 0 Å². The topological polar surface area (TPSA) is 0 Å². The van der Waals surface area contributed by atoms with Gasteiger partial charge in [-0.15, -0.1) is 0 Å². The molecule has 0 N–H and O–H groups in total. The molecule has 66 valence electrons. The Kier molecular flexibility index (Phi) is 2.98. The van der Waals surface area contributed by atoms with E-state index in [-0.39, 0.29) is 7.43 Å². The van der Waals surface area contributed by atoms with Crippen molar-refractivity contribution in [1.29, 1.82) is 0 Å². The molecule has 0 nitrogen and oxygen atoms in total. The van der Waals surface area contributed by atoms with E-state index in [1.54, 1.807) is 25.7 Å². The van der Waals surface area contributed by atoms with Crippen molar-refractivity contribution in [1.82, 2.24) is 0 Å². The Labute approximate surface area is 71.4 Å². The highest BCUT2D eigenvalue weighted by Gasteiger charge is 2.35. The predicted octanol–water partition coefficient (Wildman–Crippen LogP) is 3.86. The van der Waals surface area contributed by atoms with Gasteiger partial charge in [0.1, 0.15) is 0 Å². The molecule has 2 aliphatic carbocycles. The predicted molar refractivity (Wildman–Crippen MR) is 50.6 cm³/mol. The molecule has 2 rings (SSSR count). The summed E-state index contributed by atoms with van der Waals surface area (Å²) >= 11 is 0. The van der Waals surface area contributed by atoms with Crippen LogP contribution >= 0.6 is 0 Å². The lowest BCUT2D eigenvalue weighted by Gasteiger charge is -2.05. The summed E-state index contributed by atoms with van der Waals surface area (Å²) in [6.45, 7) is 2.35. The highest BCUT2D eigenvalue weighted by atomic mass is 14.4. The zero-order valence-corrected chi connectivity index (χ0v) is 6.97. The molecule has 0 aromatic rings. The van der Waals surface area contributed by atoms with Gasteiger partial charge in [0.15, 0.2) is 0 Å². The molecular weight excluding hydrogens is 132 g/mol. The van der Waals surface area contributed by atoms with Crippen LogP contribution in [0.4, 0.5) is 0 Å². The molecule has 0 radical (unpaired) electrons. The van der Waals surface area contributed by atoms with Gasteiger partial charge in [-0.2, -0.15) is 0 Å².